The van der Waals surface area contributed by atoms with Gasteiger partial charge >= 0.3 is 5.97 Å². The second-order valence-electron chi connectivity index (χ2n) is 6.60. The molecule has 138 valence electrons. The van der Waals surface area contributed by atoms with E-state index >= 15 is 0 Å². The zero-order valence-electron chi connectivity index (χ0n) is 15.5. The van der Waals surface area contributed by atoms with E-state index in [-0.39, 0.29) is 12.1 Å². The molecule has 0 saturated heterocycles. The van der Waals surface area contributed by atoms with Gasteiger partial charge in [-0.15, -0.1) is 0 Å². The van der Waals surface area contributed by atoms with Gasteiger partial charge in [0.25, 0.3) is 0 Å². The number of esters is 1. The lowest BCUT2D eigenvalue weighted by molar-refractivity contribution is -0.145. The molecule has 4 heteroatoms. The minimum atomic E-state index is -2.99. The zero-order chi connectivity index (χ0) is 19.3. The van der Waals surface area contributed by atoms with Gasteiger partial charge < -0.3 is 9.30 Å². The van der Waals surface area contributed by atoms with Crippen molar-refractivity contribution in [1.29, 1.82) is 0 Å². The largest absolute Gasteiger partial charge is 0.457 e. The van der Waals surface area contributed by atoms with Crippen LogP contribution in [0.2, 0.25) is 0 Å². The van der Waals surface area contributed by atoms with Gasteiger partial charge in [0.15, 0.2) is 0 Å². The van der Waals surface area contributed by atoms with Gasteiger partial charge in [0.2, 0.25) is 0 Å². The molecule has 0 saturated carbocycles. The van der Waals surface area contributed by atoms with E-state index in [2.05, 4.69) is 0 Å². The molecular weight excluding hydrogens is 355 g/mol. The molecule has 0 bridgehead atoms. The lowest BCUT2D eigenvalue weighted by Crippen LogP contribution is -2.23. The summed E-state index contributed by atoms with van der Waals surface area (Å²) < 4.78 is 19.9. The molecule has 3 aromatic carbocycles. The summed E-state index contributed by atoms with van der Waals surface area (Å²) in [4.78, 5) is 11.7. The molecular formula is C23H23O3P. The predicted molar refractivity (Wildman–Crippen MR) is 110 cm³/mol. The van der Waals surface area contributed by atoms with Crippen molar-refractivity contribution in [1.82, 2.24) is 0 Å². The third kappa shape index (κ3) is 4.56. The normalized spacial score (nSPS) is 12.4. The van der Waals surface area contributed by atoms with Gasteiger partial charge in [-0.25, -0.2) is 0 Å². The maximum atomic E-state index is 14.3. The van der Waals surface area contributed by atoms with Crippen LogP contribution in [0.1, 0.15) is 24.2 Å². The average molecular weight is 378 g/mol. The van der Waals surface area contributed by atoms with Crippen LogP contribution in [0.5, 0.6) is 0 Å². The molecule has 1 unspecified atom stereocenters. The Bertz CT molecular complexity index is 891. The van der Waals surface area contributed by atoms with Crippen LogP contribution in [-0.2, 0) is 14.1 Å². The number of aryl methyl sites for hydroxylation is 1. The third-order valence-corrected chi connectivity index (χ3v) is 7.64. The van der Waals surface area contributed by atoms with Gasteiger partial charge in [-0.05, 0) is 12.5 Å². The van der Waals surface area contributed by atoms with Crippen LogP contribution >= 0.6 is 7.14 Å². The van der Waals surface area contributed by atoms with E-state index in [1.807, 2.05) is 91.9 Å². The second-order valence-corrected chi connectivity index (χ2v) is 9.48. The van der Waals surface area contributed by atoms with E-state index in [1.54, 1.807) is 0 Å². The first kappa shape index (κ1) is 19.1. The summed E-state index contributed by atoms with van der Waals surface area (Å²) in [6, 6.07) is 26.7. The third-order valence-electron chi connectivity index (χ3n) is 4.53. The fourth-order valence-corrected chi connectivity index (χ4v) is 5.90. The van der Waals surface area contributed by atoms with Crippen LogP contribution in [0.4, 0.5) is 0 Å². The molecule has 0 amide bonds. The molecule has 0 fully saturated rings. The van der Waals surface area contributed by atoms with Gasteiger partial charge in [-0.1, -0.05) is 90.5 Å². The molecule has 0 radical (unpaired) electrons. The Morgan fingerprint density at radius 1 is 0.852 bits per heavy atom. The number of benzene rings is 3. The molecule has 3 rings (SSSR count). The average Bonchev–Trinajstić information content (AvgIpc) is 2.69. The summed E-state index contributed by atoms with van der Waals surface area (Å²) in [5.74, 6) is -0.381. The van der Waals surface area contributed by atoms with E-state index in [0.717, 1.165) is 21.7 Å². The van der Waals surface area contributed by atoms with E-state index in [1.165, 1.54) is 6.92 Å². The molecule has 0 heterocycles. The van der Waals surface area contributed by atoms with Crippen molar-refractivity contribution in [2.45, 2.75) is 20.0 Å². The van der Waals surface area contributed by atoms with Crippen molar-refractivity contribution >= 4 is 23.7 Å². The molecule has 0 spiro atoms. The summed E-state index contributed by atoms with van der Waals surface area (Å²) in [6.07, 6.45) is -0.349. The summed E-state index contributed by atoms with van der Waals surface area (Å²) in [7, 11) is -2.99. The van der Waals surface area contributed by atoms with Gasteiger partial charge in [-0.3, -0.25) is 4.79 Å². The second kappa shape index (κ2) is 8.37. The number of ether oxygens (including phenoxy) is 1. The number of carbonyl (C=O) groups excluding carboxylic acids is 1. The fraction of sp³-hybridized carbons (Fsp3) is 0.174. The maximum Gasteiger partial charge on any atom is 0.303 e. The Labute approximate surface area is 160 Å². The van der Waals surface area contributed by atoms with Gasteiger partial charge in [-0.2, -0.15) is 0 Å². The lowest BCUT2D eigenvalue weighted by Gasteiger charge is -2.25. The first-order valence-electron chi connectivity index (χ1n) is 8.93. The summed E-state index contributed by atoms with van der Waals surface area (Å²) in [6.45, 7) is 3.39. The maximum absolute atomic E-state index is 14.3. The summed E-state index contributed by atoms with van der Waals surface area (Å²) in [5.41, 5.74) is 1.97. The molecule has 0 aromatic heterocycles. The molecule has 27 heavy (non-hydrogen) atoms. The molecule has 3 nitrogen and oxygen atoms in total. The Morgan fingerprint density at radius 2 is 1.33 bits per heavy atom. The van der Waals surface area contributed by atoms with Gasteiger partial charge in [0.1, 0.15) is 13.2 Å². The minimum Gasteiger partial charge on any atom is -0.457 e. The Morgan fingerprint density at radius 3 is 1.78 bits per heavy atom. The highest BCUT2D eigenvalue weighted by molar-refractivity contribution is 7.78. The zero-order valence-corrected chi connectivity index (χ0v) is 16.4. The highest BCUT2D eigenvalue weighted by atomic mass is 31.2. The SMILES string of the molecule is CC(=O)OC(CP(=O)(c1ccccc1)c1ccccc1)c1ccc(C)cc1. The van der Waals surface area contributed by atoms with Crippen molar-refractivity contribution in [3.63, 3.8) is 0 Å². The smallest absolute Gasteiger partial charge is 0.303 e. The topological polar surface area (TPSA) is 43.4 Å². The van der Waals surface area contributed by atoms with Crippen LogP contribution < -0.4 is 10.6 Å². The Balaban J connectivity index is 2.07. The Hall–Kier alpha value is -2.64. The predicted octanol–water partition coefficient (Wildman–Crippen LogP) is 4.61. The van der Waals surface area contributed by atoms with E-state index in [4.69, 9.17) is 4.74 Å². The van der Waals surface area contributed by atoms with Gasteiger partial charge in [0.05, 0.1) is 6.16 Å². The van der Waals surface area contributed by atoms with E-state index in [9.17, 15) is 9.36 Å². The molecule has 0 aliphatic rings. The van der Waals surface area contributed by atoms with Crippen molar-refractivity contribution < 1.29 is 14.1 Å². The number of hydrogen-bond acceptors (Lipinski definition) is 3. The summed E-state index contributed by atoms with van der Waals surface area (Å²) >= 11 is 0. The van der Waals surface area contributed by atoms with Crippen molar-refractivity contribution in [2.24, 2.45) is 0 Å². The molecule has 1 atom stereocenters. The number of carbonyl (C=O) groups is 1. The van der Waals surface area contributed by atoms with E-state index in [0.29, 0.717) is 0 Å². The van der Waals surface area contributed by atoms with Crippen LogP contribution in [-0.4, -0.2) is 12.1 Å². The Kier molecular flexibility index (Phi) is 5.93. The number of hydrogen-bond donors (Lipinski definition) is 0. The van der Waals surface area contributed by atoms with Crippen LogP contribution in [0.15, 0.2) is 84.9 Å². The standard InChI is InChI=1S/C23H23O3P/c1-18-13-15-20(16-14-18)23(26-19(2)24)17-27(25,21-9-5-3-6-10-21)22-11-7-4-8-12-22/h3-16,23H,17H2,1-2H3. The van der Waals surface area contributed by atoms with Crippen LogP contribution in [0.3, 0.4) is 0 Å². The minimum absolute atomic E-state index is 0.226. The van der Waals surface area contributed by atoms with Crippen molar-refractivity contribution in [2.75, 3.05) is 6.16 Å². The van der Waals surface area contributed by atoms with Crippen LogP contribution in [0.25, 0.3) is 0 Å². The van der Waals surface area contributed by atoms with Crippen molar-refractivity contribution in [3.05, 3.63) is 96.1 Å². The molecule has 0 aliphatic heterocycles. The molecule has 0 N–H and O–H groups in total. The fourth-order valence-electron chi connectivity index (χ4n) is 3.12. The summed E-state index contributed by atoms with van der Waals surface area (Å²) in [5, 5.41) is 1.53. The monoisotopic (exact) mass is 378 g/mol. The van der Waals surface area contributed by atoms with Gasteiger partial charge in [0, 0.05) is 17.5 Å². The quantitative estimate of drug-likeness (QED) is 0.465. The highest BCUT2D eigenvalue weighted by Crippen LogP contribution is 2.47. The van der Waals surface area contributed by atoms with Crippen molar-refractivity contribution in [3.8, 4) is 0 Å². The van der Waals surface area contributed by atoms with Crippen LogP contribution in [0, 0.1) is 6.92 Å². The lowest BCUT2D eigenvalue weighted by atomic mass is 10.1. The first-order valence-corrected chi connectivity index (χ1v) is 10.8. The molecule has 3 aromatic rings. The molecule has 0 aliphatic carbocycles. The number of rotatable bonds is 6. The highest BCUT2D eigenvalue weighted by Gasteiger charge is 2.32. The first-order chi connectivity index (χ1) is 13.0. The van der Waals surface area contributed by atoms with E-state index < -0.39 is 13.2 Å².